The molecule has 0 N–H and O–H groups in total. The van der Waals surface area contributed by atoms with Gasteiger partial charge in [-0.25, -0.2) is 8.78 Å². The molecule has 0 aromatic carbocycles. The molecule has 1 saturated carbocycles. The maximum Gasteiger partial charge on any atom is 0.249 e. The van der Waals surface area contributed by atoms with Crippen LogP contribution in [0.4, 0.5) is 8.78 Å². The van der Waals surface area contributed by atoms with E-state index in [-0.39, 0.29) is 24.5 Å². The monoisotopic (exact) mass is 362 g/mol. The first-order chi connectivity index (χ1) is 11.8. The van der Waals surface area contributed by atoms with Crippen molar-refractivity contribution in [3.63, 3.8) is 0 Å². The van der Waals surface area contributed by atoms with E-state index in [1.165, 1.54) is 0 Å². The van der Waals surface area contributed by atoms with Crippen LogP contribution in [-0.2, 0) is 0 Å². The average Bonchev–Trinajstić information content (AvgIpc) is 2.55. The third-order valence-corrected chi connectivity index (χ3v) is 4.03. The molecule has 2 aromatic rings. The highest BCUT2D eigenvalue weighted by atomic mass is 35.5. The minimum absolute atomic E-state index is 0.158. The van der Waals surface area contributed by atoms with E-state index in [1.807, 2.05) is 12.1 Å². The van der Waals surface area contributed by atoms with Gasteiger partial charge in [-0.15, -0.1) is 15.3 Å². The van der Waals surface area contributed by atoms with Crippen molar-refractivity contribution in [1.29, 1.82) is 10.5 Å². The lowest BCUT2D eigenvalue weighted by Gasteiger charge is -2.34. The quantitative estimate of drug-likeness (QED) is 0.770. The van der Waals surface area contributed by atoms with Gasteiger partial charge in [0, 0.05) is 18.8 Å². The zero-order valence-electron chi connectivity index (χ0n) is 13.5. The molecule has 0 saturated heterocycles. The second kappa shape index (κ2) is 7.45. The summed E-state index contributed by atoms with van der Waals surface area (Å²) >= 11 is 5.55. The summed E-state index contributed by atoms with van der Waals surface area (Å²) in [5.41, 5.74) is 2.65. The molecule has 25 heavy (non-hydrogen) atoms. The van der Waals surface area contributed by atoms with Gasteiger partial charge < -0.3 is 0 Å². The molecule has 2 aromatic heterocycles. The molecule has 1 aliphatic rings. The van der Waals surface area contributed by atoms with Gasteiger partial charge in [0.1, 0.15) is 12.1 Å². The number of nitriles is 2. The number of rotatable bonds is 1. The van der Waals surface area contributed by atoms with Gasteiger partial charge in [-0.1, -0.05) is 11.6 Å². The molecule has 0 spiro atoms. The number of alkyl halides is 2. The zero-order chi connectivity index (χ0) is 18.6. The normalized spacial score (nSPS) is 15.2. The first-order valence-electron chi connectivity index (χ1n) is 7.28. The molecular weight excluding hydrogens is 350 g/mol. The molecule has 1 fully saturated rings. The molecule has 9 heteroatoms. The van der Waals surface area contributed by atoms with E-state index in [9.17, 15) is 8.78 Å². The Morgan fingerprint density at radius 1 is 1.00 bits per heavy atom. The summed E-state index contributed by atoms with van der Waals surface area (Å²) in [7, 11) is 0. The Kier molecular flexibility index (Phi) is 5.55. The Bertz CT molecular complexity index is 864. The number of aromatic nitrogens is 4. The summed E-state index contributed by atoms with van der Waals surface area (Å²) in [6, 6.07) is 6.90. The maximum absolute atomic E-state index is 12.7. The highest BCUT2D eigenvalue weighted by Crippen LogP contribution is 2.48. The number of hydrogen-bond acceptors (Lipinski definition) is 6. The van der Waals surface area contributed by atoms with Crippen molar-refractivity contribution in [1.82, 2.24) is 20.4 Å². The minimum atomic E-state index is -2.55. The molecule has 6 nitrogen and oxygen atoms in total. The van der Waals surface area contributed by atoms with Gasteiger partial charge in [0.2, 0.25) is 5.92 Å². The Balaban J connectivity index is 0.000000196. The third kappa shape index (κ3) is 4.65. The summed E-state index contributed by atoms with van der Waals surface area (Å²) in [6.45, 7) is 3.54. The zero-order valence-corrected chi connectivity index (χ0v) is 14.2. The lowest BCUT2D eigenvalue weighted by Crippen LogP contribution is -2.34. The second-order valence-electron chi connectivity index (χ2n) is 5.69. The van der Waals surface area contributed by atoms with E-state index in [0.29, 0.717) is 16.5 Å². The van der Waals surface area contributed by atoms with Gasteiger partial charge in [0.15, 0.2) is 16.5 Å². The molecular formula is C16H13ClF2N6. The van der Waals surface area contributed by atoms with Gasteiger partial charge in [-0.2, -0.15) is 15.6 Å². The van der Waals surface area contributed by atoms with Gasteiger partial charge in [-0.3, -0.25) is 0 Å². The number of nitrogens with zero attached hydrogens (tertiary/aromatic N) is 6. The lowest BCUT2D eigenvalue weighted by atomic mass is 9.78. The SMILES string of the molecule is Cc1cc(C#N)nnc1C1CC(F)(F)C1.Cc1cc(C#N)nnc1Cl. The molecule has 0 unspecified atom stereocenters. The van der Waals surface area contributed by atoms with Gasteiger partial charge in [-0.05, 0) is 37.1 Å². The second-order valence-corrected chi connectivity index (χ2v) is 6.04. The fourth-order valence-electron chi connectivity index (χ4n) is 2.33. The standard InChI is InChI=1S/C10H9F2N3.C6H4ClN3/c1-6-2-8(5-13)14-15-9(6)7-3-10(11,12)4-7;1-4-2-5(3-8)9-10-6(4)7/h2,7H,3-4H2,1H3;2H,1H3. The summed E-state index contributed by atoms with van der Waals surface area (Å²) in [6.07, 6.45) is -0.317. The topological polar surface area (TPSA) is 99.1 Å². The lowest BCUT2D eigenvalue weighted by molar-refractivity contribution is -0.0878. The molecule has 3 rings (SSSR count). The molecule has 0 bridgehead atoms. The van der Waals surface area contributed by atoms with Crippen LogP contribution in [0.25, 0.3) is 0 Å². The fraction of sp³-hybridized carbons (Fsp3) is 0.375. The predicted octanol–water partition coefficient (Wildman–Crippen LogP) is 3.48. The Hall–Kier alpha value is -2.71. The van der Waals surface area contributed by atoms with Crippen LogP contribution < -0.4 is 0 Å². The first kappa shape index (κ1) is 18.6. The first-order valence-corrected chi connectivity index (χ1v) is 7.65. The van der Waals surface area contributed by atoms with Crippen LogP contribution in [0.15, 0.2) is 12.1 Å². The van der Waals surface area contributed by atoms with E-state index >= 15 is 0 Å². The van der Waals surface area contributed by atoms with Crippen LogP contribution in [0.3, 0.4) is 0 Å². The van der Waals surface area contributed by atoms with Crippen molar-refractivity contribution >= 4 is 11.6 Å². The van der Waals surface area contributed by atoms with Crippen molar-refractivity contribution in [2.45, 2.75) is 38.5 Å². The number of hydrogen-bond donors (Lipinski definition) is 0. The molecule has 0 atom stereocenters. The van der Waals surface area contributed by atoms with Gasteiger partial charge in [0.25, 0.3) is 0 Å². The average molecular weight is 363 g/mol. The highest BCUT2D eigenvalue weighted by Gasteiger charge is 2.47. The summed E-state index contributed by atoms with van der Waals surface area (Å²) in [4.78, 5) is 0. The van der Waals surface area contributed by atoms with Gasteiger partial charge in [0.05, 0.1) is 5.69 Å². The van der Waals surface area contributed by atoms with Crippen molar-refractivity contribution in [2.24, 2.45) is 0 Å². The summed E-state index contributed by atoms with van der Waals surface area (Å²) < 4.78 is 25.3. The van der Waals surface area contributed by atoms with Crippen LogP contribution in [0, 0.1) is 36.5 Å². The van der Waals surface area contributed by atoms with E-state index in [1.54, 1.807) is 26.0 Å². The van der Waals surface area contributed by atoms with Crippen molar-refractivity contribution in [3.8, 4) is 12.1 Å². The van der Waals surface area contributed by atoms with Crippen molar-refractivity contribution in [2.75, 3.05) is 0 Å². The van der Waals surface area contributed by atoms with Gasteiger partial charge >= 0.3 is 0 Å². The highest BCUT2D eigenvalue weighted by molar-refractivity contribution is 6.30. The Labute approximate surface area is 148 Å². The summed E-state index contributed by atoms with van der Waals surface area (Å²) in [5.74, 6) is -2.76. The van der Waals surface area contributed by atoms with Crippen LogP contribution in [-0.4, -0.2) is 26.3 Å². The minimum Gasteiger partial charge on any atom is -0.207 e. The van der Waals surface area contributed by atoms with Crippen molar-refractivity contribution < 1.29 is 8.78 Å². The third-order valence-electron chi connectivity index (χ3n) is 3.65. The molecule has 0 aliphatic heterocycles. The molecule has 1 aliphatic carbocycles. The van der Waals surface area contributed by atoms with E-state index in [2.05, 4.69) is 20.4 Å². The number of aryl methyl sites for hydroxylation is 2. The van der Waals surface area contributed by atoms with Crippen LogP contribution >= 0.6 is 11.6 Å². The van der Waals surface area contributed by atoms with Crippen LogP contribution in [0.1, 0.15) is 47.0 Å². The van der Waals surface area contributed by atoms with Crippen LogP contribution in [0.2, 0.25) is 5.15 Å². The Morgan fingerprint density at radius 3 is 1.96 bits per heavy atom. The molecule has 2 heterocycles. The molecule has 128 valence electrons. The van der Waals surface area contributed by atoms with Crippen molar-refractivity contribution in [3.05, 3.63) is 45.5 Å². The smallest absolute Gasteiger partial charge is 0.207 e. The molecule has 0 radical (unpaired) electrons. The number of halogens is 3. The molecule has 0 amide bonds. The Morgan fingerprint density at radius 2 is 1.52 bits per heavy atom. The fourth-order valence-corrected chi connectivity index (χ4v) is 2.42. The summed E-state index contributed by atoms with van der Waals surface area (Å²) in [5, 5.41) is 31.8. The predicted molar refractivity (Wildman–Crippen MR) is 84.9 cm³/mol. The van der Waals surface area contributed by atoms with E-state index < -0.39 is 5.92 Å². The maximum atomic E-state index is 12.7. The largest absolute Gasteiger partial charge is 0.249 e. The van der Waals surface area contributed by atoms with Crippen LogP contribution in [0.5, 0.6) is 0 Å². The van der Waals surface area contributed by atoms with E-state index in [0.717, 1.165) is 11.1 Å². The van der Waals surface area contributed by atoms with E-state index in [4.69, 9.17) is 22.1 Å².